The number of aromatic amines is 2. The Hall–Kier alpha value is -7.34. The standard InChI is InChI=1S/C52H44N10O16S6.Cu/c63-79(64,27-25-77-83(71,72)73)33-13-9-31(10-14-33)21-23-53-81(67,68)35-17-19-41-43(29-35)51-60-49(41)58-47-39-7-3-1-5-37(39)45(56-47)55-46-38-6-2-4-8-40(38)48(57-46)59-50-42-20-18-36(30-44(42)52(61-50)62-51)82(69,70)54-24-22-32-11-15-34(16-12-32)80(65,66)28-26-78-84(74,75)76;/h1-20,29-30,53-54H,21-28H2,(H,71,72,73)(H,74,75,76)(H2,55,56,57,58,59,60,61,62);. The molecule has 8 bridgehead atoms. The quantitative estimate of drug-likeness (QED) is 0.0427. The van der Waals surface area contributed by atoms with Crippen molar-refractivity contribution in [2.24, 2.45) is 0 Å². The summed E-state index contributed by atoms with van der Waals surface area (Å²) in [5, 5.41) is 2.06. The number of hydrogen-bond acceptors (Lipinski definition) is 20. The summed E-state index contributed by atoms with van der Waals surface area (Å²) < 4.78 is 182. The van der Waals surface area contributed by atoms with Gasteiger partial charge in [-0.15, -0.1) is 0 Å². The third-order valence-electron chi connectivity index (χ3n) is 13.4. The molecular formula is C52H44CuN10O16S6. The molecule has 11 rings (SSSR count). The first-order valence-electron chi connectivity index (χ1n) is 24.9. The summed E-state index contributed by atoms with van der Waals surface area (Å²) in [5.74, 6) is -0.730. The van der Waals surface area contributed by atoms with Crippen molar-refractivity contribution in [2.75, 3.05) is 37.8 Å². The maximum atomic E-state index is 14.1. The number of aromatic nitrogens is 8. The molecule has 5 heterocycles. The molecule has 0 spiro atoms. The second-order valence-corrected chi connectivity index (χ2v) is 28.8. The average molecular weight is 1320 g/mol. The van der Waals surface area contributed by atoms with Gasteiger partial charge < -0.3 is 9.97 Å². The molecule has 33 heteroatoms. The Labute approximate surface area is 495 Å². The molecule has 9 aromatic rings. The smallest absolute Gasteiger partial charge is 0.324 e. The van der Waals surface area contributed by atoms with Gasteiger partial charge in [0.15, 0.2) is 43.0 Å². The van der Waals surface area contributed by atoms with Gasteiger partial charge in [-0.1, -0.05) is 72.8 Å². The SMILES string of the molecule is O=S(=O)(O)OCCS(=O)(=O)c1ccc(CCNS(=O)(=O)c2ccc3c(c2)-c2nc-3nc3[nH]c(nc4nc(nc5[nH]c(n2)c2cc(S(=O)(=O)NCCc6ccc(S(=O)(=O)CCOS(=O)(=O)O)cc6)ccc52)-c2ccccc2-4)c2ccccc32)cc1.[Cu]. The Bertz CT molecular complexity index is 5060. The first-order chi connectivity index (χ1) is 39.8. The van der Waals surface area contributed by atoms with Crippen LogP contribution < -0.4 is 9.44 Å². The van der Waals surface area contributed by atoms with Crippen molar-refractivity contribution in [3.05, 3.63) is 145 Å². The molecule has 445 valence electrons. The topological polar surface area (TPSA) is 397 Å². The van der Waals surface area contributed by atoms with Crippen LogP contribution in [-0.2, 0) is 98.8 Å². The second kappa shape index (κ2) is 23.5. The number of H-pyrrole nitrogens is 2. The molecule has 26 nitrogen and oxygen atoms in total. The van der Waals surface area contributed by atoms with E-state index in [-0.39, 0.29) is 102 Å². The van der Waals surface area contributed by atoms with Crippen LogP contribution in [0.5, 0.6) is 0 Å². The van der Waals surface area contributed by atoms with Crippen LogP contribution in [0.15, 0.2) is 153 Å². The van der Waals surface area contributed by atoms with E-state index in [9.17, 15) is 50.5 Å². The normalized spacial score (nSPS) is 12.9. The van der Waals surface area contributed by atoms with Crippen LogP contribution in [0.3, 0.4) is 0 Å². The fourth-order valence-corrected chi connectivity index (χ4v) is 14.4. The summed E-state index contributed by atoms with van der Waals surface area (Å²) in [7, 11) is -26.2. The van der Waals surface area contributed by atoms with Gasteiger partial charge in [0.2, 0.25) is 20.0 Å². The van der Waals surface area contributed by atoms with E-state index in [4.69, 9.17) is 39.0 Å². The van der Waals surface area contributed by atoms with E-state index in [1.807, 2.05) is 48.5 Å². The third kappa shape index (κ3) is 13.4. The number of benzene rings is 6. The zero-order valence-electron chi connectivity index (χ0n) is 43.4. The van der Waals surface area contributed by atoms with Crippen molar-refractivity contribution in [2.45, 2.75) is 32.4 Å². The molecule has 1 radical (unpaired) electrons. The first-order valence-corrected chi connectivity index (χ1v) is 34.0. The van der Waals surface area contributed by atoms with Crippen LogP contribution in [0, 0.1) is 0 Å². The van der Waals surface area contributed by atoms with Crippen molar-refractivity contribution >= 4 is 105 Å². The van der Waals surface area contributed by atoms with Gasteiger partial charge in [0.25, 0.3) is 0 Å². The van der Waals surface area contributed by atoms with E-state index in [0.29, 0.717) is 61.1 Å². The van der Waals surface area contributed by atoms with Crippen LogP contribution in [-0.4, -0.2) is 137 Å². The Morgan fingerprint density at radius 1 is 0.388 bits per heavy atom. The molecule has 6 aromatic carbocycles. The average Bonchev–Trinajstić information content (AvgIpc) is 2.46. The van der Waals surface area contributed by atoms with E-state index < -0.39 is 85.2 Å². The van der Waals surface area contributed by atoms with E-state index in [0.717, 1.165) is 0 Å². The summed E-state index contributed by atoms with van der Waals surface area (Å²) >= 11 is 0. The van der Waals surface area contributed by atoms with Crippen molar-refractivity contribution in [1.29, 1.82) is 0 Å². The summed E-state index contributed by atoms with van der Waals surface area (Å²) in [5.41, 5.74) is 4.16. The van der Waals surface area contributed by atoms with Crippen molar-refractivity contribution < 1.29 is 85.0 Å². The van der Waals surface area contributed by atoms with Crippen molar-refractivity contribution in [1.82, 2.24) is 49.3 Å². The van der Waals surface area contributed by atoms with Gasteiger partial charge in [0.1, 0.15) is 22.6 Å². The van der Waals surface area contributed by atoms with E-state index in [1.165, 1.54) is 78.9 Å². The van der Waals surface area contributed by atoms with Gasteiger partial charge in [-0.25, -0.2) is 81.4 Å². The van der Waals surface area contributed by atoms with Crippen LogP contribution in [0.25, 0.3) is 89.7 Å². The predicted octanol–water partition coefficient (Wildman–Crippen LogP) is 5.09. The molecule has 3 aromatic heterocycles. The molecule has 0 amide bonds. The number of sulfone groups is 2. The fraction of sp³-hybridized carbons (Fsp3) is 0.154. The largest absolute Gasteiger partial charge is 0.397 e. The van der Waals surface area contributed by atoms with Gasteiger partial charge in [-0.3, -0.25) is 9.11 Å². The number of fused-ring (bicyclic) bond motifs is 20. The number of nitrogens with zero attached hydrogens (tertiary/aromatic N) is 6. The maximum absolute atomic E-state index is 14.1. The van der Waals surface area contributed by atoms with Gasteiger partial charge in [-0.05, 0) is 84.6 Å². The second-order valence-electron chi connectivity index (χ2n) is 18.8. The van der Waals surface area contributed by atoms with Gasteiger partial charge in [-0.2, -0.15) is 16.8 Å². The molecule has 0 saturated heterocycles. The Kier molecular flexibility index (Phi) is 16.8. The molecule has 0 saturated carbocycles. The van der Waals surface area contributed by atoms with E-state index in [2.05, 4.69) is 27.8 Å². The van der Waals surface area contributed by atoms with Crippen molar-refractivity contribution in [3.8, 4) is 45.6 Å². The first kappa shape index (κ1) is 60.8. The Balaban J connectivity index is 0.00000803. The minimum Gasteiger partial charge on any atom is -0.324 e. The molecule has 0 atom stereocenters. The zero-order chi connectivity index (χ0) is 59.4. The maximum Gasteiger partial charge on any atom is 0.397 e. The van der Waals surface area contributed by atoms with Crippen LogP contribution in [0.4, 0.5) is 0 Å². The molecule has 0 unspecified atom stereocenters. The summed E-state index contributed by atoms with van der Waals surface area (Å²) in [6.07, 6.45) is 0.246. The van der Waals surface area contributed by atoms with Gasteiger partial charge in [0, 0.05) is 74.0 Å². The minimum atomic E-state index is -4.84. The van der Waals surface area contributed by atoms with Gasteiger partial charge in [0.05, 0.1) is 44.3 Å². The fourth-order valence-electron chi connectivity index (χ4n) is 9.27. The summed E-state index contributed by atoms with van der Waals surface area (Å²) in [4.78, 5) is 35.5. The predicted molar refractivity (Wildman–Crippen MR) is 306 cm³/mol. The molecule has 0 fully saturated rings. The Morgan fingerprint density at radius 2 is 0.741 bits per heavy atom. The van der Waals surface area contributed by atoms with Crippen LogP contribution >= 0.6 is 0 Å². The molecule has 85 heavy (non-hydrogen) atoms. The van der Waals surface area contributed by atoms with Gasteiger partial charge >= 0.3 is 20.8 Å². The number of sulfonamides is 2. The molecule has 0 aliphatic carbocycles. The summed E-state index contributed by atoms with van der Waals surface area (Å²) in [6, 6.07) is 34.4. The van der Waals surface area contributed by atoms with Crippen LogP contribution in [0.2, 0.25) is 0 Å². The van der Waals surface area contributed by atoms with Crippen molar-refractivity contribution in [3.63, 3.8) is 0 Å². The molecular weight excluding hydrogens is 1280 g/mol. The summed E-state index contributed by atoms with van der Waals surface area (Å²) in [6.45, 7) is -1.87. The minimum absolute atomic E-state index is 0. The molecule has 2 aliphatic heterocycles. The number of hydrogen-bond donors (Lipinski definition) is 6. The van der Waals surface area contributed by atoms with Crippen LogP contribution in [0.1, 0.15) is 11.1 Å². The van der Waals surface area contributed by atoms with E-state index in [1.54, 1.807) is 6.07 Å². The zero-order valence-corrected chi connectivity index (χ0v) is 49.2. The Morgan fingerprint density at radius 3 is 1.18 bits per heavy atom. The monoisotopic (exact) mass is 1320 g/mol. The number of nitrogens with one attached hydrogen (secondary N) is 4. The molecule has 2 aliphatic rings. The third-order valence-corrected chi connectivity index (χ3v) is 20.6. The van der Waals surface area contributed by atoms with E-state index >= 15 is 0 Å². The number of rotatable bonds is 20. The molecule has 6 N–H and O–H groups in total.